The standard InChI is InChI=1S/C16H23Cl2NO/c1-4-19-16(10(3)11-6-7-11)12-8-14(18)15(20-5-2)9-13(12)17/h8-11,16,19H,4-7H2,1-3H3. The highest BCUT2D eigenvalue weighted by molar-refractivity contribution is 6.34. The molecule has 0 aliphatic heterocycles. The lowest BCUT2D eigenvalue weighted by molar-refractivity contribution is 0.338. The van der Waals surface area contributed by atoms with Crippen molar-refractivity contribution in [2.75, 3.05) is 13.2 Å². The monoisotopic (exact) mass is 315 g/mol. The first-order chi connectivity index (χ1) is 9.58. The summed E-state index contributed by atoms with van der Waals surface area (Å²) in [6, 6.07) is 4.06. The van der Waals surface area contributed by atoms with Crippen molar-refractivity contribution in [3.63, 3.8) is 0 Å². The van der Waals surface area contributed by atoms with Gasteiger partial charge >= 0.3 is 0 Å². The SMILES string of the molecule is CCNC(c1cc(Cl)c(OCC)cc1Cl)C(C)C1CC1. The molecular weight excluding hydrogens is 293 g/mol. The number of nitrogens with one attached hydrogen (secondary N) is 1. The van der Waals surface area contributed by atoms with Crippen LogP contribution in [-0.4, -0.2) is 13.2 Å². The molecule has 0 saturated heterocycles. The van der Waals surface area contributed by atoms with E-state index in [0.717, 1.165) is 23.0 Å². The summed E-state index contributed by atoms with van der Waals surface area (Å²) in [5.74, 6) is 2.04. The Bertz CT molecular complexity index is 460. The highest BCUT2D eigenvalue weighted by Gasteiger charge is 2.34. The zero-order chi connectivity index (χ0) is 14.7. The summed E-state index contributed by atoms with van der Waals surface area (Å²) in [5, 5.41) is 4.92. The fourth-order valence-electron chi connectivity index (χ4n) is 2.74. The molecule has 1 fully saturated rings. The molecule has 0 bridgehead atoms. The molecule has 1 aliphatic rings. The van der Waals surface area contributed by atoms with E-state index in [2.05, 4.69) is 19.2 Å². The summed E-state index contributed by atoms with van der Waals surface area (Å²) < 4.78 is 5.50. The van der Waals surface area contributed by atoms with Crippen LogP contribution in [0, 0.1) is 11.8 Å². The minimum absolute atomic E-state index is 0.258. The third-order valence-corrected chi connectivity index (χ3v) is 4.62. The molecule has 2 unspecified atom stereocenters. The zero-order valence-electron chi connectivity index (χ0n) is 12.4. The number of hydrogen-bond acceptors (Lipinski definition) is 2. The van der Waals surface area contributed by atoms with E-state index in [9.17, 15) is 0 Å². The summed E-state index contributed by atoms with van der Waals surface area (Å²) in [6.45, 7) is 7.87. The second-order valence-electron chi connectivity index (χ2n) is 5.47. The molecule has 0 radical (unpaired) electrons. The first-order valence-electron chi connectivity index (χ1n) is 7.43. The number of hydrogen-bond donors (Lipinski definition) is 1. The van der Waals surface area contributed by atoms with Gasteiger partial charge in [-0.1, -0.05) is 37.0 Å². The average Bonchev–Trinajstić information content (AvgIpc) is 3.24. The second kappa shape index (κ2) is 7.02. The van der Waals surface area contributed by atoms with Gasteiger partial charge in [0.2, 0.25) is 0 Å². The van der Waals surface area contributed by atoms with Crippen LogP contribution in [0.25, 0.3) is 0 Å². The van der Waals surface area contributed by atoms with E-state index < -0.39 is 0 Å². The van der Waals surface area contributed by atoms with Crippen molar-refractivity contribution in [2.24, 2.45) is 11.8 Å². The first kappa shape index (κ1) is 15.9. The number of ether oxygens (including phenoxy) is 1. The summed E-state index contributed by atoms with van der Waals surface area (Å²) in [6.07, 6.45) is 2.65. The Hall–Kier alpha value is -0.440. The first-order valence-corrected chi connectivity index (χ1v) is 8.19. The molecule has 4 heteroatoms. The third-order valence-electron chi connectivity index (χ3n) is 4.00. The molecule has 20 heavy (non-hydrogen) atoms. The van der Waals surface area contributed by atoms with Gasteiger partial charge in [0.15, 0.2) is 0 Å². The van der Waals surface area contributed by atoms with Crippen LogP contribution < -0.4 is 10.1 Å². The maximum atomic E-state index is 6.46. The van der Waals surface area contributed by atoms with Crippen LogP contribution in [0.4, 0.5) is 0 Å². The molecule has 112 valence electrons. The topological polar surface area (TPSA) is 21.3 Å². The second-order valence-corrected chi connectivity index (χ2v) is 6.28. The molecule has 2 nitrogen and oxygen atoms in total. The van der Waals surface area contributed by atoms with Gasteiger partial charge in [-0.25, -0.2) is 0 Å². The Morgan fingerprint density at radius 2 is 1.95 bits per heavy atom. The summed E-state index contributed by atoms with van der Waals surface area (Å²) in [5.41, 5.74) is 1.08. The van der Waals surface area contributed by atoms with Gasteiger partial charge in [-0.3, -0.25) is 0 Å². The van der Waals surface area contributed by atoms with E-state index in [1.165, 1.54) is 12.8 Å². The van der Waals surface area contributed by atoms with Crippen molar-refractivity contribution in [1.29, 1.82) is 0 Å². The highest BCUT2D eigenvalue weighted by Crippen LogP contribution is 2.45. The van der Waals surface area contributed by atoms with Gasteiger partial charge < -0.3 is 10.1 Å². The van der Waals surface area contributed by atoms with Crippen molar-refractivity contribution in [1.82, 2.24) is 5.32 Å². The molecule has 1 aromatic carbocycles. The molecular formula is C16H23Cl2NO. The van der Waals surface area contributed by atoms with Crippen LogP contribution in [0.5, 0.6) is 5.75 Å². The molecule has 1 aromatic rings. The summed E-state index contributed by atoms with van der Waals surface area (Å²) >= 11 is 12.8. The van der Waals surface area contributed by atoms with E-state index in [1.54, 1.807) is 0 Å². The zero-order valence-corrected chi connectivity index (χ0v) is 13.9. The quantitative estimate of drug-likeness (QED) is 0.756. The van der Waals surface area contributed by atoms with Gasteiger partial charge in [0, 0.05) is 17.1 Å². The van der Waals surface area contributed by atoms with Crippen LogP contribution in [0.15, 0.2) is 12.1 Å². The van der Waals surface area contributed by atoms with Crippen molar-refractivity contribution < 1.29 is 4.74 Å². The molecule has 1 aliphatic carbocycles. The van der Waals surface area contributed by atoms with E-state index in [4.69, 9.17) is 27.9 Å². The molecule has 0 heterocycles. The Morgan fingerprint density at radius 1 is 1.25 bits per heavy atom. The Morgan fingerprint density at radius 3 is 2.50 bits per heavy atom. The van der Waals surface area contributed by atoms with Crippen molar-refractivity contribution in [3.05, 3.63) is 27.7 Å². The molecule has 1 N–H and O–H groups in total. The minimum atomic E-state index is 0.258. The van der Waals surface area contributed by atoms with Gasteiger partial charge in [-0.15, -0.1) is 0 Å². The Labute approximate surface area is 131 Å². The lowest BCUT2D eigenvalue weighted by Gasteiger charge is -2.26. The lowest BCUT2D eigenvalue weighted by atomic mass is 9.90. The van der Waals surface area contributed by atoms with E-state index in [0.29, 0.717) is 23.3 Å². The molecule has 0 aromatic heterocycles. The fourth-order valence-corrected chi connectivity index (χ4v) is 3.24. The van der Waals surface area contributed by atoms with E-state index in [-0.39, 0.29) is 6.04 Å². The number of benzene rings is 1. The van der Waals surface area contributed by atoms with Gasteiger partial charge in [-0.05, 0) is 49.8 Å². The van der Waals surface area contributed by atoms with Crippen LogP contribution >= 0.6 is 23.2 Å². The van der Waals surface area contributed by atoms with Gasteiger partial charge in [0.25, 0.3) is 0 Å². The smallest absolute Gasteiger partial charge is 0.139 e. The molecule has 0 spiro atoms. The van der Waals surface area contributed by atoms with Crippen LogP contribution in [-0.2, 0) is 0 Å². The molecule has 1 saturated carbocycles. The molecule has 2 rings (SSSR count). The van der Waals surface area contributed by atoms with Crippen molar-refractivity contribution in [2.45, 2.75) is 39.7 Å². The number of rotatable bonds is 7. The Kier molecular flexibility index (Phi) is 5.59. The fraction of sp³-hybridized carbons (Fsp3) is 0.625. The van der Waals surface area contributed by atoms with E-state index >= 15 is 0 Å². The van der Waals surface area contributed by atoms with Gasteiger partial charge in [0.1, 0.15) is 5.75 Å². The summed E-state index contributed by atoms with van der Waals surface area (Å²) in [4.78, 5) is 0. The predicted molar refractivity (Wildman–Crippen MR) is 85.9 cm³/mol. The average molecular weight is 316 g/mol. The predicted octanol–water partition coefficient (Wildman–Crippen LogP) is 5.09. The lowest BCUT2D eigenvalue weighted by Crippen LogP contribution is -2.28. The van der Waals surface area contributed by atoms with Crippen LogP contribution in [0.1, 0.15) is 45.2 Å². The summed E-state index contributed by atoms with van der Waals surface area (Å²) in [7, 11) is 0. The normalized spacial score (nSPS) is 17.9. The number of halogens is 2. The van der Waals surface area contributed by atoms with Gasteiger partial charge in [-0.2, -0.15) is 0 Å². The highest BCUT2D eigenvalue weighted by atomic mass is 35.5. The van der Waals surface area contributed by atoms with Crippen LogP contribution in [0.2, 0.25) is 10.0 Å². The minimum Gasteiger partial charge on any atom is -0.492 e. The van der Waals surface area contributed by atoms with Crippen molar-refractivity contribution in [3.8, 4) is 5.75 Å². The Balaban J connectivity index is 2.29. The molecule has 2 atom stereocenters. The maximum Gasteiger partial charge on any atom is 0.139 e. The van der Waals surface area contributed by atoms with Gasteiger partial charge in [0.05, 0.1) is 11.6 Å². The van der Waals surface area contributed by atoms with Crippen LogP contribution in [0.3, 0.4) is 0 Å². The van der Waals surface area contributed by atoms with E-state index in [1.807, 2.05) is 19.1 Å². The largest absolute Gasteiger partial charge is 0.492 e. The maximum absolute atomic E-state index is 6.46. The van der Waals surface area contributed by atoms with Crippen molar-refractivity contribution >= 4 is 23.2 Å². The third kappa shape index (κ3) is 3.60. The molecule has 0 amide bonds.